The summed E-state index contributed by atoms with van der Waals surface area (Å²) >= 11 is 0. The molecule has 1 fully saturated rings. The Labute approximate surface area is 126 Å². The van der Waals surface area contributed by atoms with Crippen LogP contribution in [0.4, 0.5) is 5.69 Å². The lowest BCUT2D eigenvalue weighted by Crippen LogP contribution is -2.34. The quantitative estimate of drug-likeness (QED) is 0.846. The third kappa shape index (κ3) is 3.44. The van der Waals surface area contributed by atoms with Gasteiger partial charge in [-0.3, -0.25) is 0 Å². The van der Waals surface area contributed by atoms with Crippen LogP contribution in [0.1, 0.15) is 24.0 Å². The SMILES string of the molecule is N#Cc1ccc(CC2CCN(c3ccccc3)CC2)cc1. The Morgan fingerprint density at radius 1 is 0.952 bits per heavy atom. The Morgan fingerprint density at radius 2 is 1.62 bits per heavy atom. The highest BCUT2D eigenvalue weighted by Gasteiger charge is 2.19. The Kier molecular flexibility index (Phi) is 4.21. The molecular formula is C19H20N2. The molecule has 106 valence electrons. The molecule has 1 heterocycles. The topological polar surface area (TPSA) is 27.0 Å². The second kappa shape index (κ2) is 6.45. The number of hydrogen-bond acceptors (Lipinski definition) is 2. The molecule has 0 spiro atoms. The highest BCUT2D eigenvalue weighted by atomic mass is 15.1. The van der Waals surface area contributed by atoms with Crippen LogP contribution in [0.3, 0.4) is 0 Å². The molecule has 0 bridgehead atoms. The number of benzene rings is 2. The van der Waals surface area contributed by atoms with Crippen molar-refractivity contribution >= 4 is 5.69 Å². The molecule has 0 N–H and O–H groups in total. The van der Waals surface area contributed by atoms with Gasteiger partial charge in [0, 0.05) is 18.8 Å². The summed E-state index contributed by atoms with van der Waals surface area (Å²) in [6.45, 7) is 2.29. The number of rotatable bonds is 3. The van der Waals surface area contributed by atoms with Crippen LogP contribution in [-0.4, -0.2) is 13.1 Å². The van der Waals surface area contributed by atoms with E-state index in [1.54, 1.807) is 0 Å². The lowest BCUT2D eigenvalue weighted by Gasteiger charge is -2.33. The van der Waals surface area contributed by atoms with Crippen LogP contribution in [0, 0.1) is 17.2 Å². The van der Waals surface area contributed by atoms with Gasteiger partial charge < -0.3 is 4.90 Å². The second-order valence-electron chi connectivity index (χ2n) is 5.78. The van der Waals surface area contributed by atoms with Gasteiger partial charge in [0.1, 0.15) is 0 Å². The van der Waals surface area contributed by atoms with Gasteiger partial charge in [0.25, 0.3) is 0 Å². The molecule has 0 aliphatic carbocycles. The average molecular weight is 276 g/mol. The molecule has 1 aliphatic rings. The number of nitrogens with zero attached hydrogens (tertiary/aromatic N) is 2. The zero-order valence-electron chi connectivity index (χ0n) is 12.2. The van der Waals surface area contributed by atoms with Crippen molar-refractivity contribution in [3.05, 3.63) is 65.7 Å². The molecule has 2 nitrogen and oxygen atoms in total. The van der Waals surface area contributed by atoms with E-state index in [4.69, 9.17) is 5.26 Å². The van der Waals surface area contributed by atoms with E-state index in [-0.39, 0.29) is 0 Å². The second-order valence-corrected chi connectivity index (χ2v) is 5.78. The highest BCUT2D eigenvalue weighted by Crippen LogP contribution is 2.25. The molecule has 2 heteroatoms. The van der Waals surface area contributed by atoms with Gasteiger partial charge >= 0.3 is 0 Å². The molecule has 2 aromatic rings. The molecule has 1 saturated heterocycles. The number of nitriles is 1. The predicted molar refractivity (Wildman–Crippen MR) is 86.2 cm³/mol. The maximum absolute atomic E-state index is 8.83. The molecule has 1 aliphatic heterocycles. The third-order valence-electron chi connectivity index (χ3n) is 4.34. The number of piperidine rings is 1. The Bertz CT molecular complexity index is 602. The van der Waals surface area contributed by atoms with Crippen LogP contribution in [0.25, 0.3) is 0 Å². The summed E-state index contributed by atoms with van der Waals surface area (Å²) in [5, 5.41) is 8.83. The monoisotopic (exact) mass is 276 g/mol. The van der Waals surface area contributed by atoms with Crippen LogP contribution in [0.5, 0.6) is 0 Å². The molecule has 0 aromatic heterocycles. The summed E-state index contributed by atoms with van der Waals surface area (Å²) in [5.74, 6) is 0.762. The fourth-order valence-corrected chi connectivity index (χ4v) is 3.08. The van der Waals surface area contributed by atoms with E-state index in [9.17, 15) is 0 Å². The summed E-state index contributed by atoms with van der Waals surface area (Å²) in [6, 6.07) is 20.9. The van der Waals surface area contributed by atoms with Crippen molar-refractivity contribution in [1.29, 1.82) is 5.26 Å². The fraction of sp³-hybridized carbons (Fsp3) is 0.316. The first-order valence-electron chi connectivity index (χ1n) is 7.64. The van der Waals surface area contributed by atoms with Crippen LogP contribution >= 0.6 is 0 Å². The van der Waals surface area contributed by atoms with E-state index < -0.39 is 0 Å². The smallest absolute Gasteiger partial charge is 0.0991 e. The van der Waals surface area contributed by atoms with Crippen LogP contribution < -0.4 is 4.90 Å². The molecule has 0 unspecified atom stereocenters. The summed E-state index contributed by atoms with van der Waals surface area (Å²) in [6.07, 6.45) is 3.62. The van der Waals surface area contributed by atoms with Gasteiger partial charge in [-0.1, -0.05) is 30.3 Å². The van der Waals surface area contributed by atoms with Gasteiger partial charge in [0.05, 0.1) is 11.6 Å². The first-order chi connectivity index (χ1) is 10.3. The minimum atomic E-state index is 0.748. The standard InChI is InChI=1S/C19H20N2/c20-15-18-8-6-16(7-9-18)14-17-10-12-21(13-11-17)19-4-2-1-3-5-19/h1-9,17H,10-14H2. The van der Waals surface area contributed by atoms with E-state index in [0.29, 0.717) is 0 Å². The van der Waals surface area contributed by atoms with Gasteiger partial charge in [0.15, 0.2) is 0 Å². The number of anilines is 1. The van der Waals surface area contributed by atoms with Crippen LogP contribution in [0.2, 0.25) is 0 Å². The first-order valence-corrected chi connectivity index (χ1v) is 7.64. The largest absolute Gasteiger partial charge is 0.372 e. The molecule has 21 heavy (non-hydrogen) atoms. The average Bonchev–Trinajstić information content (AvgIpc) is 2.57. The van der Waals surface area contributed by atoms with E-state index in [2.05, 4.69) is 53.4 Å². The Balaban J connectivity index is 1.55. The summed E-state index contributed by atoms with van der Waals surface area (Å²) in [5.41, 5.74) is 3.44. The van der Waals surface area contributed by atoms with Gasteiger partial charge in [-0.15, -0.1) is 0 Å². The van der Waals surface area contributed by atoms with Crippen molar-refractivity contribution in [2.24, 2.45) is 5.92 Å². The van der Waals surface area contributed by atoms with E-state index in [0.717, 1.165) is 31.0 Å². The maximum Gasteiger partial charge on any atom is 0.0991 e. The Hall–Kier alpha value is -2.27. The fourth-order valence-electron chi connectivity index (χ4n) is 3.08. The van der Waals surface area contributed by atoms with Gasteiger partial charge in [-0.2, -0.15) is 5.26 Å². The molecule has 0 saturated carbocycles. The normalized spacial score (nSPS) is 15.7. The number of hydrogen-bond donors (Lipinski definition) is 0. The minimum Gasteiger partial charge on any atom is -0.372 e. The maximum atomic E-state index is 8.83. The summed E-state index contributed by atoms with van der Waals surface area (Å²) < 4.78 is 0. The van der Waals surface area contributed by atoms with Crippen molar-refractivity contribution in [1.82, 2.24) is 0 Å². The lowest BCUT2D eigenvalue weighted by atomic mass is 9.90. The predicted octanol–water partition coefficient (Wildman–Crippen LogP) is 4.02. The zero-order chi connectivity index (χ0) is 14.5. The van der Waals surface area contributed by atoms with Crippen LogP contribution in [-0.2, 0) is 6.42 Å². The molecule has 0 atom stereocenters. The van der Waals surface area contributed by atoms with Gasteiger partial charge in [-0.05, 0) is 55.0 Å². The highest BCUT2D eigenvalue weighted by molar-refractivity contribution is 5.46. The molecular weight excluding hydrogens is 256 g/mol. The number of para-hydroxylation sites is 1. The summed E-state index contributed by atoms with van der Waals surface area (Å²) in [7, 11) is 0. The molecule has 0 amide bonds. The Morgan fingerprint density at radius 3 is 2.24 bits per heavy atom. The molecule has 0 radical (unpaired) electrons. The lowest BCUT2D eigenvalue weighted by molar-refractivity contribution is 0.404. The van der Waals surface area contributed by atoms with Crippen molar-refractivity contribution < 1.29 is 0 Å². The van der Waals surface area contributed by atoms with Gasteiger partial charge in [0.2, 0.25) is 0 Å². The van der Waals surface area contributed by atoms with Gasteiger partial charge in [-0.25, -0.2) is 0 Å². The van der Waals surface area contributed by atoms with Crippen molar-refractivity contribution in [3.8, 4) is 6.07 Å². The van der Waals surface area contributed by atoms with Crippen molar-refractivity contribution in [2.45, 2.75) is 19.3 Å². The van der Waals surface area contributed by atoms with Crippen molar-refractivity contribution in [2.75, 3.05) is 18.0 Å². The third-order valence-corrected chi connectivity index (χ3v) is 4.34. The van der Waals surface area contributed by atoms with E-state index >= 15 is 0 Å². The zero-order valence-corrected chi connectivity index (χ0v) is 12.2. The van der Waals surface area contributed by atoms with Crippen LogP contribution in [0.15, 0.2) is 54.6 Å². The van der Waals surface area contributed by atoms with Crippen molar-refractivity contribution in [3.63, 3.8) is 0 Å². The summed E-state index contributed by atoms with van der Waals surface area (Å²) in [4.78, 5) is 2.48. The first kappa shape index (κ1) is 13.7. The minimum absolute atomic E-state index is 0.748. The molecule has 2 aromatic carbocycles. The van der Waals surface area contributed by atoms with E-state index in [1.165, 1.54) is 24.1 Å². The molecule has 3 rings (SSSR count). The van der Waals surface area contributed by atoms with E-state index in [1.807, 2.05) is 12.1 Å².